The topological polar surface area (TPSA) is 46.2 Å². The zero-order chi connectivity index (χ0) is 7.19. The second kappa shape index (κ2) is 1.95. The minimum atomic E-state index is -0.179. The van der Waals surface area contributed by atoms with Crippen LogP contribution in [0.3, 0.4) is 0 Å². The first-order valence-electron chi connectivity index (χ1n) is 4.16. The van der Waals surface area contributed by atoms with E-state index in [1.54, 1.807) is 0 Å². The van der Waals surface area contributed by atoms with Crippen LogP contribution in [-0.4, -0.2) is 17.3 Å². The number of hydrogen-bond donors (Lipinski definition) is 2. The van der Waals surface area contributed by atoms with Crippen LogP contribution in [0, 0.1) is 11.8 Å². The molecule has 10 heavy (non-hydrogen) atoms. The maximum absolute atomic E-state index is 8.97. The van der Waals surface area contributed by atoms with Crippen molar-refractivity contribution in [2.45, 2.75) is 31.2 Å². The summed E-state index contributed by atoms with van der Waals surface area (Å²) in [6.07, 6.45) is 4.99. The molecule has 0 saturated heterocycles. The van der Waals surface area contributed by atoms with Crippen LogP contribution in [0.5, 0.6) is 0 Å². The van der Waals surface area contributed by atoms with Crippen molar-refractivity contribution < 1.29 is 5.11 Å². The molecule has 0 aromatic rings. The SMILES string of the molecule is NC1(CO)CC2CCCC21. The fourth-order valence-corrected chi connectivity index (χ4v) is 2.70. The predicted molar refractivity (Wildman–Crippen MR) is 39.5 cm³/mol. The van der Waals surface area contributed by atoms with Crippen LogP contribution in [0.25, 0.3) is 0 Å². The molecule has 0 aromatic heterocycles. The summed E-state index contributed by atoms with van der Waals surface area (Å²) in [5.41, 5.74) is 5.76. The van der Waals surface area contributed by atoms with E-state index in [4.69, 9.17) is 10.8 Å². The van der Waals surface area contributed by atoms with E-state index < -0.39 is 0 Å². The van der Waals surface area contributed by atoms with Crippen molar-refractivity contribution >= 4 is 0 Å². The van der Waals surface area contributed by atoms with E-state index in [-0.39, 0.29) is 12.1 Å². The Kier molecular flexibility index (Phi) is 1.29. The minimum Gasteiger partial charge on any atom is -0.394 e. The van der Waals surface area contributed by atoms with E-state index in [1.807, 2.05) is 0 Å². The lowest BCUT2D eigenvalue weighted by atomic mass is 9.61. The Morgan fingerprint density at radius 1 is 1.50 bits per heavy atom. The summed E-state index contributed by atoms with van der Waals surface area (Å²) in [7, 11) is 0. The third kappa shape index (κ3) is 0.663. The first kappa shape index (κ1) is 6.62. The maximum atomic E-state index is 8.97. The van der Waals surface area contributed by atoms with E-state index >= 15 is 0 Å². The third-order valence-electron chi connectivity index (χ3n) is 3.33. The molecule has 2 aliphatic carbocycles. The number of rotatable bonds is 1. The van der Waals surface area contributed by atoms with Crippen molar-refractivity contribution in [3.05, 3.63) is 0 Å². The predicted octanol–water partition coefficient (Wildman–Crippen LogP) is 0.496. The van der Waals surface area contributed by atoms with Gasteiger partial charge in [-0.05, 0) is 24.7 Å². The summed E-state index contributed by atoms with van der Waals surface area (Å²) >= 11 is 0. The van der Waals surface area contributed by atoms with Gasteiger partial charge < -0.3 is 10.8 Å². The molecule has 58 valence electrons. The smallest absolute Gasteiger partial charge is 0.0614 e. The van der Waals surface area contributed by atoms with E-state index in [0.29, 0.717) is 5.92 Å². The van der Waals surface area contributed by atoms with Gasteiger partial charge in [0.25, 0.3) is 0 Å². The number of aliphatic hydroxyl groups is 1. The van der Waals surface area contributed by atoms with Crippen LogP contribution in [-0.2, 0) is 0 Å². The maximum Gasteiger partial charge on any atom is 0.0614 e. The zero-order valence-corrected chi connectivity index (χ0v) is 6.21. The van der Waals surface area contributed by atoms with Gasteiger partial charge in [0.1, 0.15) is 0 Å². The highest BCUT2D eigenvalue weighted by molar-refractivity contribution is 5.07. The molecule has 2 rings (SSSR count). The van der Waals surface area contributed by atoms with E-state index in [0.717, 1.165) is 12.3 Å². The lowest BCUT2D eigenvalue weighted by molar-refractivity contribution is 0.0130. The van der Waals surface area contributed by atoms with Gasteiger partial charge >= 0.3 is 0 Å². The van der Waals surface area contributed by atoms with E-state index in [2.05, 4.69) is 0 Å². The van der Waals surface area contributed by atoms with Gasteiger partial charge in [-0.25, -0.2) is 0 Å². The van der Waals surface area contributed by atoms with Gasteiger partial charge in [0.2, 0.25) is 0 Å². The third-order valence-corrected chi connectivity index (χ3v) is 3.33. The average Bonchev–Trinajstić information content (AvgIpc) is 2.30. The molecular weight excluding hydrogens is 126 g/mol. The Hall–Kier alpha value is -0.0800. The van der Waals surface area contributed by atoms with Crippen LogP contribution in [0.2, 0.25) is 0 Å². The highest BCUT2D eigenvalue weighted by Crippen LogP contribution is 2.51. The van der Waals surface area contributed by atoms with Gasteiger partial charge in [0, 0.05) is 5.54 Å². The normalized spacial score (nSPS) is 52.2. The fourth-order valence-electron chi connectivity index (χ4n) is 2.70. The van der Waals surface area contributed by atoms with E-state index in [9.17, 15) is 0 Å². The second-order valence-electron chi connectivity index (χ2n) is 3.89. The summed E-state index contributed by atoms with van der Waals surface area (Å²) in [4.78, 5) is 0. The molecule has 3 atom stereocenters. The largest absolute Gasteiger partial charge is 0.394 e. The van der Waals surface area contributed by atoms with Crippen LogP contribution in [0.1, 0.15) is 25.7 Å². The molecule has 2 aliphatic rings. The molecule has 0 heterocycles. The van der Waals surface area contributed by atoms with Gasteiger partial charge in [-0.3, -0.25) is 0 Å². The summed E-state index contributed by atoms with van der Waals surface area (Å²) in [6.45, 7) is 0.189. The van der Waals surface area contributed by atoms with Gasteiger partial charge in [-0.2, -0.15) is 0 Å². The van der Waals surface area contributed by atoms with Crippen LogP contribution in [0.4, 0.5) is 0 Å². The molecule has 0 spiro atoms. The molecule has 0 amide bonds. The Morgan fingerprint density at radius 3 is 2.90 bits per heavy atom. The highest BCUT2D eigenvalue weighted by atomic mass is 16.3. The van der Waals surface area contributed by atoms with Crippen molar-refractivity contribution in [2.75, 3.05) is 6.61 Å². The molecule has 2 nitrogen and oxygen atoms in total. The minimum absolute atomic E-state index is 0.179. The molecule has 3 unspecified atom stereocenters. The van der Waals surface area contributed by atoms with Crippen molar-refractivity contribution in [1.82, 2.24) is 0 Å². The number of hydrogen-bond acceptors (Lipinski definition) is 2. The molecule has 2 fully saturated rings. The number of fused-ring (bicyclic) bond motifs is 1. The Labute approximate surface area is 61.4 Å². The van der Waals surface area contributed by atoms with Gasteiger partial charge in [0.05, 0.1) is 6.61 Å². The first-order valence-corrected chi connectivity index (χ1v) is 4.16. The molecular formula is C8H15NO. The molecule has 2 saturated carbocycles. The second-order valence-corrected chi connectivity index (χ2v) is 3.89. The van der Waals surface area contributed by atoms with Crippen LogP contribution >= 0.6 is 0 Å². The van der Waals surface area contributed by atoms with Crippen molar-refractivity contribution in [3.8, 4) is 0 Å². The lowest BCUT2D eigenvalue weighted by Gasteiger charge is -2.49. The quantitative estimate of drug-likeness (QED) is 0.558. The van der Waals surface area contributed by atoms with Gasteiger partial charge in [0.15, 0.2) is 0 Å². The standard InChI is InChI=1S/C8H15NO/c9-8(5-10)4-6-2-1-3-7(6)8/h6-7,10H,1-5,9H2. The molecule has 3 N–H and O–H groups in total. The molecule has 0 bridgehead atoms. The molecule has 0 aliphatic heterocycles. The van der Waals surface area contributed by atoms with Crippen molar-refractivity contribution in [3.63, 3.8) is 0 Å². The summed E-state index contributed by atoms with van der Waals surface area (Å²) in [5, 5.41) is 8.97. The fraction of sp³-hybridized carbons (Fsp3) is 1.00. The summed E-state index contributed by atoms with van der Waals surface area (Å²) < 4.78 is 0. The van der Waals surface area contributed by atoms with E-state index in [1.165, 1.54) is 19.3 Å². The summed E-state index contributed by atoms with van der Waals surface area (Å²) in [5.74, 6) is 1.51. The van der Waals surface area contributed by atoms with Crippen molar-refractivity contribution in [1.29, 1.82) is 0 Å². The number of aliphatic hydroxyl groups excluding tert-OH is 1. The van der Waals surface area contributed by atoms with Crippen LogP contribution < -0.4 is 5.73 Å². The first-order chi connectivity index (χ1) is 4.76. The number of nitrogens with two attached hydrogens (primary N) is 1. The Bertz CT molecular complexity index is 148. The van der Waals surface area contributed by atoms with Gasteiger partial charge in [-0.1, -0.05) is 12.8 Å². The molecule has 2 heteroatoms. The van der Waals surface area contributed by atoms with Gasteiger partial charge in [-0.15, -0.1) is 0 Å². The lowest BCUT2D eigenvalue weighted by Crippen LogP contribution is -2.61. The van der Waals surface area contributed by atoms with Crippen molar-refractivity contribution in [2.24, 2.45) is 17.6 Å². The Morgan fingerprint density at radius 2 is 2.30 bits per heavy atom. The highest BCUT2D eigenvalue weighted by Gasteiger charge is 2.52. The summed E-state index contributed by atoms with van der Waals surface area (Å²) in [6, 6.07) is 0. The Balaban J connectivity index is 2.05. The molecule has 0 radical (unpaired) electrons. The van der Waals surface area contributed by atoms with Crippen LogP contribution in [0.15, 0.2) is 0 Å². The zero-order valence-electron chi connectivity index (χ0n) is 6.21. The molecule has 0 aromatic carbocycles. The average molecular weight is 141 g/mol. The monoisotopic (exact) mass is 141 g/mol.